The van der Waals surface area contributed by atoms with Gasteiger partial charge >= 0.3 is 0 Å². The molecule has 0 spiro atoms. The smallest absolute Gasteiger partial charge is 0.277 e. The number of ether oxygens (including phenoxy) is 1. The molecule has 1 fully saturated rings. The van der Waals surface area contributed by atoms with E-state index in [4.69, 9.17) is 4.74 Å². The largest absolute Gasteiger partial charge is 0.379 e. The third-order valence-corrected chi connectivity index (χ3v) is 5.89. The van der Waals surface area contributed by atoms with Crippen LogP contribution < -0.4 is 0 Å². The van der Waals surface area contributed by atoms with E-state index in [1.54, 1.807) is 0 Å². The molecule has 1 atom stereocenters. The van der Waals surface area contributed by atoms with E-state index in [1.165, 1.54) is 16.9 Å². The first kappa shape index (κ1) is 21.6. The number of imide groups is 1. The molecular formula is C24H34N2O3. The lowest BCUT2D eigenvalue weighted by Gasteiger charge is -2.33. The van der Waals surface area contributed by atoms with Crippen LogP contribution in [0.15, 0.2) is 23.9 Å². The average Bonchev–Trinajstić information content (AvgIpc) is 2.91. The van der Waals surface area contributed by atoms with Gasteiger partial charge in [0.15, 0.2) is 0 Å². The number of carbonyl (C=O) groups excluding carboxylic acids is 2. The first-order valence-corrected chi connectivity index (χ1v) is 10.8. The summed E-state index contributed by atoms with van der Waals surface area (Å²) in [5.74, 6) is 0.201. The van der Waals surface area contributed by atoms with Gasteiger partial charge < -0.3 is 9.64 Å². The van der Waals surface area contributed by atoms with Crippen molar-refractivity contribution >= 4 is 17.4 Å². The number of amides is 2. The van der Waals surface area contributed by atoms with E-state index in [0.717, 1.165) is 30.6 Å². The predicted molar refractivity (Wildman–Crippen MR) is 115 cm³/mol. The SMILES string of the molecule is Cc1ccc(C2=C(N3CCCC(C)C3)C(=O)N(CCCOC(C)C)C2=O)cc1C. The van der Waals surface area contributed by atoms with Crippen molar-refractivity contribution in [3.63, 3.8) is 0 Å². The van der Waals surface area contributed by atoms with E-state index in [9.17, 15) is 9.59 Å². The monoisotopic (exact) mass is 398 g/mol. The van der Waals surface area contributed by atoms with Gasteiger partial charge in [0.2, 0.25) is 0 Å². The second-order valence-electron chi connectivity index (χ2n) is 8.75. The van der Waals surface area contributed by atoms with E-state index in [1.807, 2.05) is 39.0 Å². The van der Waals surface area contributed by atoms with Gasteiger partial charge in [-0.15, -0.1) is 0 Å². The van der Waals surface area contributed by atoms with Crippen LogP contribution in [-0.2, 0) is 14.3 Å². The molecule has 5 heteroatoms. The summed E-state index contributed by atoms with van der Waals surface area (Å²) in [5, 5.41) is 0. The molecule has 2 aliphatic heterocycles. The first-order chi connectivity index (χ1) is 13.8. The van der Waals surface area contributed by atoms with Crippen molar-refractivity contribution in [1.29, 1.82) is 0 Å². The molecule has 2 aliphatic rings. The van der Waals surface area contributed by atoms with Gasteiger partial charge in [0.25, 0.3) is 11.8 Å². The van der Waals surface area contributed by atoms with Crippen LogP contribution in [0, 0.1) is 19.8 Å². The molecule has 1 aromatic rings. The third-order valence-electron chi connectivity index (χ3n) is 5.89. The van der Waals surface area contributed by atoms with Crippen LogP contribution in [-0.4, -0.2) is 54.0 Å². The lowest BCUT2D eigenvalue weighted by Crippen LogP contribution is -2.39. The summed E-state index contributed by atoms with van der Waals surface area (Å²) >= 11 is 0. The van der Waals surface area contributed by atoms with Crippen LogP contribution >= 0.6 is 0 Å². The van der Waals surface area contributed by atoms with Crippen LogP contribution in [0.25, 0.3) is 5.57 Å². The molecule has 0 aromatic heterocycles. The standard InChI is InChI=1S/C24H34N2O3/c1-16(2)29-13-7-12-26-23(27)21(20-10-9-18(4)19(5)14-20)22(24(26)28)25-11-6-8-17(3)15-25/h9-10,14,16-17H,6-8,11-13,15H2,1-5H3. The van der Waals surface area contributed by atoms with Crippen molar-refractivity contribution in [1.82, 2.24) is 9.80 Å². The van der Waals surface area contributed by atoms with Gasteiger partial charge in [-0.2, -0.15) is 0 Å². The van der Waals surface area contributed by atoms with Gasteiger partial charge in [0, 0.05) is 26.2 Å². The summed E-state index contributed by atoms with van der Waals surface area (Å²) in [5.41, 5.74) is 4.32. The quantitative estimate of drug-likeness (QED) is 0.516. The molecule has 1 unspecified atom stereocenters. The molecule has 2 amide bonds. The maximum absolute atomic E-state index is 13.4. The van der Waals surface area contributed by atoms with Gasteiger partial charge in [0.05, 0.1) is 11.7 Å². The average molecular weight is 399 g/mol. The molecule has 3 rings (SSSR count). The highest BCUT2D eigenvalue weighted by atomic mass is 16.5. The molecule has 0 radical (unpaired) electrons. The van der Waals surface area contributed by atoms with Crippen LogP contribution in [0.2, 0.25) is 0 Å². The number of nitrogens with zero attached hydrogens (tertiary/aromatic N) is 2. The highest BCUT2D eigenvalue weighted by molar-refractivity contribution is 6.35. The van der Waals surface area contributed by atoms with Crippen molar-refractivity contribution in [2.75, 3.05) is 26.2 Å². The Bertz CT molecular complexity index is 812. The van der Waals surface area contributed by atoms with Crippen molar-refractivity contribution < 1.29 is 14.3 Å². The fourth-order valence-electron chi connectivity index (χ4n) is 4.15. The van der Waals surface area contributed by atoms with E-state index in [-0.39, 0.29) is 17.9 Å². The maximum atomic E-state index is 13.4. The van der Waals surface area contributed by atoms with Crippen molar-refractivity contribution in [2.45, 2.75) is 60.0 Å². The highest BCUT2D eigenvalue weighted by Crippen LogP contribution is 2.34. The number of hydrogen-bond donors (Lipinski definition) is 0. The molecule has 0 N–H and O–H groups in total. The molecule has 2 heterocycles. The summed E-state index contributed by atoms with van der Waals surface area (Å²) in [6.45, 7) is 12.9. The zero-order valence-electron chi connectivity index (χ0n) is 18.5. The Morgan fingerprint density at radius 2 is 1.90 bits per heavy atom. The molecule has 1 aromatic carbocycles. The van der Waals surface area contributed by atoms with Crippen LogP contribution in [0.3, 0.4) is 0 Å². The van der Waals surface area contributed by atoms with E-state index < -0.39 is 0 Å². The number of carbonyl (C=O) groups is 2. The minimum Gasteiger partial charge on any atom is -0.379 e. The Morgan fingerprint density at radius 3 is 2.55 bits per heavy atom. The normalized spacial score (nSPS) is 20.4. The zero-order valence-corrected chi connectivity index (χ0v) is 18.5. The minimum atomic E-state index is -0.170. The summed E-state index contributed by atoms with van der Waals surface area (Å²) in [4.78, 5) is 30.3. The minimum absolute atomic E-state index is 0.148. The molecule has 0 aliphatic carbocycles. The first-order valence-electron chi connectivity index (χ1n) is 10.8. The second-order valence-corrected chi connectivity index (χ2v) is 8.75. The fourth-order valence-corrected chi connectivity index (χ4v) is 4.15. The fraction of sp³-hybridized carbons (Fsp3) is 0.583. The van der Waals surface area contributed by atoms with E-state index >= 15 is 0 Å². The number of piperidine rings is 1. The Hall–Kier alpha value is -2.14. The van der Waals surface area contributed by atoms with E-state index in [0.29, 0.717) is 36.8 Å². The van der Waals surface area contributed by atoms with Crippen molar-refractivity contribution in [2.24, 2.45) is 5.92 Å². The van der Waals surface area contributed by atoms with Gasteiger partial charge in [-0.25, -0.2) is 0 Å². The van der Waals surface area contributed by atoms with Gasteiger partial charge in [-0.3, -0.25) is 14.5 Å². The Labute approximate surface area is 174 Å². The number of hydrogen-bond acceptors (Lipinski definition) is 4. The Balaban J connectivity index is 1.92. The maximum Gasteiger partial charge on any atom is 0.277 e. The number of rotatable bonds is 7. The highest BCUT2D eigenvalue weighted by Gasteiger charge is 2.41. The zero-order chi connectivity index (χ0) is 21.1. The van der Waals surface area contributed by atoms with Crippen molar-refractivity contribution in [3.8, 4) is 0 Å². The lowest BCUT2D eigenvalue weighted by atomic mass is 9.96. The Kier molecular flexibility index (Phi) is 6.78. The summed E-state index contributed by atoms with van der Waals surface area (Å²) < 4.78 is 5.60. The molecule has 1 saturated heterocycles. The summed E-state index contributed by atoms with van der Waals surface area (Å²) in [6, 6.07) is 6.04. The molecule has 0 bridgehead atoms. The number of aryl methyl sites for hydroxylation is 2. The second kappa shape index (κ2) is 9.12. The van der Waals surface area contributed by atoms with Gasteiger partial charge in [-0.1, -0.05) is 25.1 Å². The topological polar surface area (TPSA) is 49.9 Å². The molecule has 5 nitrogen and oxygen atoms in total. The van der Waals surface area contributed by atoms with Crippen molar-refractivity contribution in [3.05, 3.63) is 40.6 Å². The molecule has 158 valence electrons. The van der Waals surface area contributed by atoms with Gasteiger partial charge in [-0.05, 0) is 69.6 Å². The predicted octanol–water partition coefficient (Wildman–Crippen LogP) is 3.93. The van der Waals surface area contributed by atoms with Crippen LogP contribution in [0.4, 0.5) is 0 Å². The molecule has 29 heavy (non-hydrogen) atoms. The number of likely N-dealkylation sites (tertiary alicyclic amines) is 1. The molecular weight excluding hydrogens is 364 g/mol. The number of benzene rings is 1. The lowest BCUT2D eigenvalue weighted by molar-refractivity contribution is -0.137. The van der Waals surface area contributed by atoms with Crippen LogP contribution in [0.1, 0.15) is 56.7 Å². The third kappa shape index (κ3) is 4.72. The summed E-state index contributed by atoms with van der Waals surface area (Å²) in [7, 11) is 0. The molecule has 0 saturated carbocycles. The van der Waals surface area contributed by atoms with Crippen LogP contribution in [0.5, 0.6) is 0 Å². The van der Waals surface area contributed by atoms with E-state index in [2.05, 4.69) is 18.7 Å². The van der Waals surface area contributed by atoms with Gasteiger partial charge in [0.1, 0.15) is 5.70 Å². The summed E-state index contributed by atoms with van der Waals surface area (Å²) in [6.07, 6.45) is 3.02. The Morgan fingerprint density at radius 1 is 1.14 bits per heavy atom.